The van der Waals surface area contributed by atoms with E-state index in [4.69, 9.17) is 10.00 Å². The van der Waals surface area contributed by atoms with Crippen LogP contribution in [-0.4, -0.2) is 26.4 Å². The van der Waals surface area contributed by atoms with Crippen LogP contribution in [0.2, 0.25) is 0 Å². The number of hydrogen-bond donors (Lipinski definition) is 0. The first-order chi connectivity index (χ1) is 8.41. The van der Waals surface area contributed by atoms with Gasteiger partial charge < -0.3 is 9.64 Å². The number of alkyl halides is 3. The summed E-state index contributed by atoms with van der Waals surface area (Å²) in [6.45, 7) is 0.666. The highest BCUT2D eigenvalue weighted by Crippen LogP contribution is 2.28. The predicted octanol–water partition coefficient (Wildman–Crippen LogP) is 2.96. The van der Waals surface area contributed by atoms with Gasteiger partial charge in [0.1, 0.15) is 18.4 Å². The van der Waals surface area contributed by atoms with Crippen molar-refractivity contribution in [1.29, 1.82) is 5.26 Å². The second-order valence-electron chi connectivity index (χ2n) is 3.62. The Morgan fingerprint density at radius 1 is 1.39 bits per heavy atom. The molecule has 0 fully saturated rings. The first-order valence-corrected chi connectivity index (χ1v) is 5.31. The zero-order valence-corrected chi connectivity index (χ0v) is 10.1. The van der Waals surface area contributed by atoms with Gasteiger partial charge in [0.15, 0.2) is 0 Å². The summed E-state index contributed by atoms with van der Waals surface area (Å²) in [6, 6.07) is 6.32. The summed E-state index contributed by atoms with van der Waals surface area (Å²) >= 11 is 0. The summed E-state index contributed by atoms with van der Waals surface area (Å²) < 4.78 is 42.3. The highest BCUT2D eigenvalue weighted by molar-refractivity contribution is 5.62. The van der Waals surface area contributed by atoms with Gasteiger partial charge in [0, 0.05) is 12.6 Å². The fraction of sp³-hybridized carbons (Fsp3) is 0.417. The van der Waals surface area contributed by atoms with Crippen LogP contribution in [-0.2, 0) is 0 Å². The largest absolute Gasteiger partial charge is 0.497 e. The topological polar surface area (TPSA) is 36.3 Å². The minimum Gasteiger partial charge on any atom is -0.497 e. The van der Waals surface area contributed by atoms with Crippen molar-refractivity contribution >= 4 is 5.69 Å². The van der Waals surface area contributed by atoms with Crippen LogP contribution >= 0.6 is 0 Å². The number of ether oxygens (including phenoxy) is 1. The molecule has 1 aromatic carbocycles. The molecule has 0 amide bonds. The Kier molecular flexibility index (Phi) is 4.43. The molecule has 0 radical (unpaired) electrons. The quantitative estimate of drug-likeness (QED) is 0.833. The van der Waals surface area contributed by atoms with Gasteiger partial charge in [0.05, 0.1) is 18.4 Å². The van der Waals surface area contributed by atoms with Gasteiger partial charge in [0.2, 0.25) is 0 Å². The van der Waals surface area contributed by atoms with E-state index in [1.54, 1.807) is 13.0 Å². The van der Waals surface area contributed by atoms with Crippen LogP contribution in [0.25, 0.3) is 0 Å². The SMILES string of the molecule is CCN(CC(F)(F)F)c1cc(OC)ccc1C#N. The number of anilines is 1. The Morgan fingerprint density at radius 2 is 2.06 bits per heavy atom. The van der Waals surface area contributed by atoms with E-state index in [-0.39, 0.29) is 17.8 Å². The average Bonchev–Trinajstić information content (AvgIpc) is 2.34. The molecule has 6 heteroatoms. The summed E-state index contributed by atoms with van der Waals surface area (Å²) in [5.74, 6) is 0.421. The van der Waals surface area contributed by atoms with E-state index in [0.717, 1.165) is 4.90 Å². The lowest BCUT2D eigenvalue weighted by molar-refractivity contribution is -0.119. The summed E-state index contributed by atoms with van der Waals surface area (Å²) in [4.78, 5) is 1.10. The third-order valence-electron chi connectivity index (χ3n) is 2.42. The van der Waals surface area contributed by atoms with Crippen molar-refractivity contribution in [3.8, 4) is 11.8 Å². The van der Waals surface area contributed by atoms with Crippen molar-refractivity contribution in [3.63, 3.8) is 0 Å². The Morgan fingerprint density at radius 3 is 2.50 bits per heavy atom. The first kappa shape index (κ1) is 14.2. The fourth-order valence-corrected chi connectivity index (χ4v) is 1.58. The molecule has 0 spiro atoms. The number of nitriles is 1. The van der Waals surface area contributed by atoms with Gasteiger partial charge >= 0.3 is 6.18 Å². The Balaban J connectivity index is 3.15. The van der Waals surface area contributed by atoms with Crippen molar-refractivity contribution < 1.29 is 17.9 Å². The predicted molar refractivity (Wildman–Crippen MR) is 61.7 cm³/mol. The van der Waals surface area contributed by atoms with Crippen LogP contribution in [0.15, 0.2) is 18.2 Å². The van der Waals surface area contributed by atoms with Crippen molar-refractivity contribution in [2.75, 3.05) is 25.1 Å². The molecule has 0 N–H and O–H groups in total. The minimum absolute atomic E-state index is 0.154. The number of benzene rings is 1. The second-order valence-corrected chi connectivity index (χ2v) is 3.62. The van der Waals surface area contributed by atoms with E-state index < -0.39 is 12.7 Å². The smallest absolute Gasteiger partial charge is 0.405 e. The van der Waals surface area contributed by atoms with Crippen LogP contribution < -0.4 is 9.64 Å². The van der Waals surface area contributed by atoms with E-state index in [9.17, 15) is 13.2 Å². The molecule has 0 aliphatic rings. The van der Waals surface area contributed by atoms with Crippen molar-refractivity contribution in [2.45, 2.75) is 13.1 Å². The van der Waals surface area contributed by atoms with Gasteiger partial charge in [-0.3, -0.25) is 0 Å². The average molecular weight is 258 g/mol. The third kappa shape index (κ3) is 3.55. The standard InChI is InChI=1S/C12H13F3N2O/c1-3-17(8-12(13,14)15)11-6-10(18-2)5-4-9(11)7-16/h4-6H,3,8H2,1-2H3. The molecule has 18 heavy (non-hydrogen) atoms. The summed E-state index contributed by atoms with van der Waals surface area (Å²) in [7, 11) is 1.42. The van der Waals surface area contributed by atoms with Crippen LogP contribution in [0, 0.1) is 11.3 Å². The van der Waals surface area contributed by atoms with E-state index >= 15 is 0 Å². The molecule has 0 aliphatic heterocycles. The van der Waals surface area contributed by atoms with Crippen molar-refractivity contribution in [2.24, 2.45) is 0 Å². The van der Waals surface area contributed by atoms with Gasteiger partial charge in [-0.25, -0.2) is 0 Å². The van der Waals surface area contributed by atoms with Gasteiger partial charge in [-0.1, -0.05) is 0 Å². The van der Waals surface area contributed by atoms with E-state index in [0.29, 0.717) is 5.75 Å². The molecule has 1 aromatic rings. The number of rotatable bonds is 4. The molecule has 0 saturated carbocycles. The number of methoxy groups -OCH3 is 1. The first-order valence-electron chi connectivity index (χ1n) is 5.31. The van der Waals surface area contributed by atoms with Crippen LogP contribution in [0.5, 0.6) is 5.75 Å². The zero-order chi connectivity index (χ0) is 13.8. The molecule has 0 bridgehead atoms. The summed E-state index contributed by atoms with van der Waals surface area (Å²) in [5, 5.41) is 8.93. The van der Waals surface area contributed by atoms with Gasteiger partial charge in [-0.05, 0) is 19.1 Å². The lowest BCUT2D eigenvalue weighted by atomic mass is 10.1. The van der Waals surface area contributed by atoms with E-state index in [2.05, 4.69) is 0 Å². The van der Waals surface area contributed by atoms with E-state index in [1.165, 1.54) is 19.2 Å². The molecule has 0 atom stereocenters. The molecule has 0 unspecified atom stereocenters. The molecular formula is C12H13F3N2O. The van der Waals surface area contributed by atoms with Crippen LogP contribution in [0.3, 0.4) is 0 Å². The normalized spacial score (nSPS) is 10.9. The minimum atomic E-state index is -4.31. The summed E-state index contributed by atoms with van der Waals surface area (Å²) in [5.41, 5.74) is 0.429. The molecule has 98 valence electrons. The molecule has 0 heterocycles. The zero-order valence-electron chi connectivity index (χ0n) is 10.1. The number of hydrogen-bond acceptors (Lipinski definition) is 3. The van der Waals surface area contributed by atoms with Crippen molar-refractivity contribution in [1.82, 2.24) is 0 Å². The number of halogens is 3. The Labute approximate surface area is 103 Å². The molecule has 0 saturated heterocycles. The number of nitrogens with zero attached hydrogens (tertiary/aromatic N) is 2. The highest BCUT2D eigenvalue weighted by atomic mass is 19.4. The van der Waals surface area contributed by atoms with Crippen molar-refractivity contribution in [3.05, 3.63) is 23.8 Å². The third-order valence-corrected chi connectivity index (χ3v) is 2.42. The van der Waals surface area contributed by atoms with Gasteiger partial charge in [-0.15, -0.1) is 0 Å². The molecule has 0 aliphatic carbocycles. The maximum atomic E-state index is 12.4. The van der Waals surface area contributed by atoms with Gasteiger partial charge in [-0.2, -0.15) is 18.4 Å². The maximum Gasteiger partial charge on any atom is 0.405 e. The Hall–Kier alpha value is -1.90. The molecule has 3 nitrogen and oxygen atoms in total. The van der Waals surface area contributed by atoms with Gasteiger partial charge in [0.25, 0.3) is 0 Å². The van der Waals surface area contributed by atoms with Crippen LogP contribution in [0.1, 0.15) is 12.5 Å². The highest BCUT2D eigenvalue weighted by Gasteiger charge is 2.31. The maximum absolute atomic E-state index is 12.4. The second kappa shape index (κ2) is 5.63. The fourth-order valence-electron chi connectivity index (χ4n) is 1.58. The lowest BCUT2D eigenvalue weighted by Crippen LogP contribution is -2.34. The lowest BCUT2D eigenvalue weighted by Gasteiger charge is -2.25. The molecule has 1 rings (SSSR count). The molecule has 0 aromatic heterocycles. The van der Waals surface area contributed by atoms with E-state index in [1.807, 2.05) is 6.07 Å². The summed E-state index contributed by atoms with van der Waals surface area (Å²) in [6.07, 6.45) is -4.31. The van der Waals surface area contributed by atoms with Crippen LogP contribution in [0.4, 0.5) is 18.9 Å². The molecular weight excluding hydrogens is 245 g/mol. The Bertz CT molecular complexity index is 452. The monoisotopic (exact) mass is 258 g/mol.